The number of nitrogens with zero attached hydrogens (tertiary/aromatic N) is 2. The minimum Gasteiger partial charge on any atom is -0.463 e. The van der Waals surface area contributed by atoms with Crippen molar-refractivity contribution in [2.45, 2.75) is 97.3 Å². The molecule has 6 heteroatoms. The van der Waals surface area contributed by atoms with Gasteiger partial charge in [0.2, 0.25) is 0 Å². The average molecular weight is 490 g/mol. The van der Waals surface area contributed by atoms with Gasteiger partial charge in [-0.25, -0.2) is 0 Å². The molecule has 4 saturated carbocycles. The molecule has 9 atom stereocenters. The summed E-state index contributed by atoms with van der Waals surface area (Å²) in [5.74, 6) is 2.51. The monoisotopic (exact) mass is 489 g/mol. The van der Waals surface area contributed by atoms with Gasteiger partial charge in [0.15, 0.2) is 0 Å². The lowest BCUT2D eigenvalue weighted by Crippen LogP contribution is -2.59. The SMILES string of the molecule is CC(=O)O[C@H]1CC[C@@]2(C)[C@@H](CC[C@@H]3[C@@H]2CC[C@@]2(C)[C@H]3C[C@H](N3CC[N+](C)(C)CC3)[C@@H]2OC(C)=O)C1. The Labute approximate surface area is 212 Å². The van der Waals surface area contributed by atoms with Gasteiger partial charge in [-0.15, -0.1) is 0 Å². The molecule has 5 aliphatic rings. The molecule has 198 valence electrons. The first-order chi connectivity index (χ1) is 16.4. The highest BCUT2D eigenvalue weighted by Crippen LogP contribution is 2.67. The molecule has 0 aromatic rings. The van der Waals surface area contributed by atoms with Gasteiger partial charge in [-0.05, 0) is 80.5 Å². The van der Waals surface area contributed by atoms with E-state index in [0.29, 0.717) is 23.3 Å². The minimum absolute atomic E-state index is 0.0184. The van der Waals surface area contributed by atoms with Crippen molar-refractivity contribution in [2.75, 3.05) is 40.3 Å². The van der Waals surface area contributed by atoms with Gasteiger partial charge in [0, 0.05) is 38.4 Å². The second-order valence-electron chi connectivity index (χ2n) is 14.0. The molecule has 1 heterocycles. The van der Waals surface area contributed by atoms with E-state index < -0.39 is 0 Å². The van der Waals surface area contributed by atoms with Crippen molar-refractivity contribution in [2.24, 2.45) is 34.5 Å². The zero-order valence-corrected chi connectivity index (χ0v) is 23.1. The molecule has 0 aromatic heterocycles. The molecule has 0 amide bonds. The zero-order chi connectivity index (χ0) is 25.2. The number of carbonyl (C=O) groups is 2. The van der Waals surface area contributed by atoms with Crippen molar-refractivity contribution in [3.63, 3.8) is 0 Å². The summed E-state index contributed by atoms with van der Waals surface area (Å²) in [6, 6.07) is 0.359. The number of hydrogen-bond donors (Lipinski definition) is 0. The third kappa shape index (κ3) is 4.45. The highest BCUT2D eigenvalue weighted by molar-refractivity contribution is 5.66. The fraction of sp³-hybridized carbons (Fsp3) is 0.931. The molecular formula is C29H49N2O4+. The number of quaternary nitrogens is 1. The summed E-state index contributed by atoms with van der Waals surface area (Å²) in [7, 11) is 4.66. The van der Waals surface area contributed by atoms with Crippen LogP contribution in [0.25, 0.3) is 0 Å². The first kappa shape index (κ1) is 25.5. The van der Waals surface area contributed by atoms with Gasteiger partial charge in [0.1, 0.15) is 12.2 Å². The van der Waals surface area contributed by atoms with Crippen LogP contribution in [-0.2, 0) is 19.1 Å². The van der Waals surface area contributed by atoms with Gasteiger partial charge in [0.05, 0.1) is 27.2 Å². The van der Waals surface area contributed by atoms with Crippen molar-refractivity contribution in [1.82, 2.24) is 4.90 Å². The van der Waals surface area contributed by atoms with E-state index in [1.807, 2.05) is 0 Å². The standard InChI is InChI=1S/C29H49N2O4/c1-19(32)34-22-9-11-28(3)21(17-22)7-8-23-24(28)10-12-29(4)25(23)18-26(27(29)35-20(2)33)30-13-15-31(5,6)16-14-30/h21-27H,7-18H2,1-6H3/q+1/t21-,22-,23+,24-,25-,26-,27-,28-,29-/m0/s1. The average Bonchev–Trinajstić information content (AvgIpc) is 3.06. The number of rotatable bonds is 3. The third-order valence-electron chi connectivity index (χ3n) is 11.6. The van der Waals surface area contributed by atoms with Crippen LogP contribution in [0, 0.1) is 34.5 Å². The maximum Gasteiger partial charge on any atom is 0.302 e. The van der Waals surface area contributed by atoms with Crippen LogP contribution in [0.1, 0.15) is 79.1 Å². The van der Waals surface area contributed by atoms with Crippen LogP contribution in [0.4, 0.5) is 0 Å². The molecule has 0 N–H and O–H groups in total. The predicted octanol–water partition coefficient (Wildman–Crippen LogP) is 4.26. The quantitative estimate of drug-likeness (QED) is 0.438. The van der Waals surface area contributed by atoms with Crippen molar-refractivity contribution in [3.05, 3.63) is 0 Å². The molecule has 6 nitrogen and oxygen atoms in total. The smallest absolute Gasteiger partial charge is 0.302 e. The molecule has 5 rings (SSSR count). The Kier molecular flexibility index (Phi) is 6.56. The summed E-state index contributed by atoms with van der Waals surface area (Å²) in [5.41, 5.74) is 0.431. The summed E-state index contributed by atoms with van der Waals surface area (Å²) < 4.78 is 13.0. The Balaban J connectivity index is 1.37. The molecule has 35 heavy (non-hydrogen) atoms. The summed E-state index contributed by atoms with van der Waals surface area (Å²) in [6.45, 7) is 12.7. The summed E-state index contributed by atoms with van der Waals surface area (Å²) in [6.07, 6.45) is 9.49. The fourth-order valence-electron chi connectivity index (χ4n) is 9.61. The second-order valence-corrected chi connectivity index (χ2v) is 14.0. The molecule has 5 fully saturated rings. The number of esters is 2. The van der Waals surface area contributed by atoms with Crippen LogP contribution in [0.2, 0.25) is 0 Å². The lowest BCUT2D eigenvalue weighted by atomic mass is 9.45. The van der Waals surface area contributed by atoms with Crippen molar-refractivity contribution in [3.8, 4) is 0 Å². The Morgan fingerprint density at radius 2 is 1.49 bits per heavy atom. The minimum atomic E-state index is -0.130. The van der Waals surface area contributed by atoms with Gasteiger partial charge in [0.25, 0.3) is 0 Å². The van der Waals surface area contributed by atoms with Gasteiger partial charge in [-0.2, -0.15) is 0 Å². The van der Waals surface area contributed by atoms with E-state index in [4.69, 9.17) is 9.47 Å². The number of piperazine rings is 1. The first-order valence-electron chi connectivity index (χ1n) is 14.3. The van der Waals surface area contributed by atoms with Crippen LogP contribution in [-0.4, -0.2) is 79.8 Å². The van der Waals surface area contributed by atoms with Crippen molar-refractivity contribution < 1.29 is 23.5 Å². The van der Waals surface area contributed by atoms with E-state index in [1.165, 1.54) is 51.6 Å². The molecule has 4 aliphatic carbocycles. The topological polar surface area (TPSA) is 55.8 Å². The number of hydrogen-bond acceptors (Lipinski definition) is 5. The van der Waals surface area contributed by atoms with Crippen LogP contribution < -0.4 is 0 Å². The van der Waals surface area contributed by atoms with E-state index in [2.05, 4.69) is 32.8 Å². The van der Waals surface area contributed by atoms with Gasteiger partial charge >= 0.3 is 11.9 Å². The second kappa shape index (κ2) is 9.01. The van der Waals surface area contributed by atoms with E-state index >= 15 is 0 Å². The van der Waals surface area contributed by atoms with E-state index in [-0.39, 0.29) is 29.6 Å². The van der Waals surface area contributed by atoms with Crippen LogP contribution in [0.15, 0.2) is 0 Å². The number of likely N-dealkylation sites (N-methyl/N-ethyl adjacent to an activating group) is 1. The first-order valence-corrected chi connectivity index (χ1v) is 14.3. The lowest BCUT2D eigenvalue weighted by Gasteiger charge is -2.60. The molecule has 0 unspecified atom stereocenters. The molecule has 0 aromatic carbocycles. The molecule has 0 spiro atoms. The van der Waals surface area contributed by atoms with Gasteiger partial charge in [-0.3, -0.25) is 14.5 Å². The number of carbonyl (C=O) groups excluding carboxylic acids is 2. The predicted molar refractivity (Wildman–Crippen MR) is 135 cm³/mol. The Morgan fingerprint density at radius 1 is 0.829 bits per heavy atom. The Hall–Kier alpha value is -1.14. The molecular weight excluding hydrogens is 440 g/mol. The van der Waals surface area contributed by atoms with E-state index in [9.17, 15) is 9.59 Å². The summed E-state index contributed by atoms with van der Waals surface area (Å²) in [4.78, 5) is 26.6. The molecule has 0 bridgehead atoms. The van der Waals surface area contributed by atoms with Crippen LogP contribution >= 0.6 is 0 Å². The zero-order valence-electron chi connectivity index (χ0n) is 23.1. The normalized spacial score (nSPS) is 47.2. The Bertz CT molecular complexity index is 835. The maximum absolute atomic E-state index is 12.3. The van der Waals surface area contributed by atoms with Crippen LogP contribution in [0.5, 0.6) is 0 Å². The lowest BCUT2D eigenvalue weighted by molar-refractivity contribution is -0.894. The van der Waals surface area contributed by atoms with Gasteiger partial charge in [-0.1, -0.05) is 13.8 Å². The molecule has 1 saturated heterocycles. The largest absolute Gasteiger partial charge is 0.463 e. The highest BCUT2D eigenvalue weighted by atomic mass is 16.5. The summed E-state index contributed by atoms with van der Waals surface area (Å²) >= 11 is 0. The summed E-state index contributed by atoms with van der Waals surface area (Å²) in [5, 5.41) is 0. The van der Waals surface area contributed by atoms with Crippen molar-refractivity contribution in [1.29, 1.82) is 0 Å². The highest BCUT2D eigenvalue weighted by Gasteiger charge is 2.64. The molecule has 1 aliphatic heterocycles. The maximum atomic E-state index is 12.3. The van der Waals surface area contributed by atoms with E-state index in [0.717, 1.165) is 42.2 Å². The fourth-order valence-corrected chi connectivity index (χ4v) is 9.61. The number of ether oxygens (including phenoxy) is 2. The Morgan fingerprint density at radius 3 is 2.14 bits per heavy atom. The van der Waals surface area contributed by atoms with E-state index in [1.54, 1.807) is 13.8 Å². The van der Waals surface area contributed by atoms with Crippen molar-refractivity contribution >= 4 is 11.9 Å². The third-order valence-corrected chi connectivity index (χ3v) is 11.6. The molecule has 0 radical (unpaired) electrons. The van der Waals surface area contributed by atoms with Gasteiger partial charge < -0.3 is 14.0 Å². The number of fused-ring (bicyclic) bond motifs is 5. The van der Waals surface area contributed by atoms with Crippen LogP contribution in [0.3, 0.4) is 0 Å².